The van der Waals surface area contributed by atoms with E-state index in [1.54, 1.807) is 0 Å². The molecule has 2 aliphatic rings. The first kappa shape index (κ1) is 15.8. The van der Waals surface area contributed by atoms with Crippen LogP contribution in [0.5, 0.6) is 0 Å². The molecule has 2 saturated heterocycles. The van der Waals surface area contributed by atoms with Crippen LogP contribution >= 0.6 is 0 Å². The predicted octanol–water partition coefficient (Wildman–Crippen LogP) is 1.71. The summed E-state index contributed by atoms with van der Waals surface area (Å²) in [6.45, 7) is 7.00. The molecule has 0 aromatic rings. The van der Waals surface area contributed by atoms with Crippen LogP contribution in [0.2, 0.25) is 0 Å². The average molecular weight is 281 g/mol. The minimum atomic E-state index is 0.352. The molecule has 1 N–H and O–H groups in total. The maximum Gasteiger partial charge on any atom is 0.236 e. The lowest BCUT2D eigenvalue weighted by molar-refractivity contribution is -0.132. The Bertz CT molecular complexity index is 300. The highest BCUT2D eigenvalue weighted by Crippen LogP contribution is 2.20. The van der Waals surface area contributed by atoms with Crippen molar-refractivity contribution in [3.05, 3.63) is 0 Å². The number of hydrogen-bond donors (Lipinski definition) is 1. The van der Waals surface area contributed by atoms with Gasteiger partial charge in [-0.2, -0.15) is 0 Å². The molecule has 2 unspecified atom stereocenters. The van der Waals surface area contributed by atoms with Crippen LogP contribution in [0, 0.1) is 5.92 Å². The second kappa shape index (κ2) is 7.99. The number of nitrogens with one attached hydrogen (secondary N) is 1. The summed E-state index contributed by atoms with van der Waals surface area (Å²) in [4.78, 5) is 16.9. The number of piperidine rings is 1. The molecule has 0 aliphatic carbocycles. The minimum absolute atomic E-state index is 0.352. The highest BCUT2D eigenvalue weighted by atomic mass is 16.2. The number of amides is 1. The molecule has 0 radical (unpaired) electrons. The third kappa shape index (κ3) is 4.45. The number of carbonyl (C=O) groups excluding carboxylic acids is 1. The highest BCUT2D eigenvalue weighted by Gasteiger charge is 2.26. The Kier molecular flexibility index (Phi) is 6.30. The summed E-state index contributed by atoms with van der Waals surface area (Å²) < 4.78 is 0. The van der Waals surface area contributed by atoms with Gasteiger partial charge in [0.25, 0.3) is 0 Å². The summed E-state index contributed by atoms with van der Waals surface area (Å²) in [7, 11) is 2.03. The standard InChI is InChI=1S/C16H31N3O/c1-14(17-2)15-8-7-9-18(12-15)13-16(20)19-10-5-3-4-6-11-19/h14-15,17H,3-13H2,1-2H3. The molecule has 0 saturated carbocycles. The first-order valence-electron chi connectivity index (χ1n) is 8.38. The molecule has 2 rings (SSSR count). The normalized spacial score (nSPS) is 27.1. The molecule has 2 heterocycles. The van der Waals surface area contributed by atoms with E-state index in [1.165, 1.54) is 38.5 Å². The van der Waals surface area contributed by atoms with Crippen LogP contribution in [0.4, 0.5) is 0 Å². The van der Waals surface area contributed by atoms with Crippen LogP contribution in [-0.4, -0.2) is 61.5 Å². The number of carbonyl (C=O) groups is 1. The Morgan fingerprint density at radius 3 is 2.50 bits per heavy atom. The van der Waals surface area contributed by atoms with Crippen molar-refractivity contribution in [1.82, 2.24) is 15.1 Å². The fraction of sp³-hybridized carbons (Fsp3) is 0.938. The molecule has 4 heteroatoms. The highest BCUT2D eigenvalue weighted by molar-refractivity contribution is 5.78. The Balaban J connectivity index is 1.80. The van der Waals surface area contributed by atoms with E-state index in [9.17, 15) is 4.79 Å². The molecule has 1 amide bonds. The molecule has 20 heavy (non-hydrogen) atoms. The van der Waals surface area contributed by atoms with Gasteiger partial charge in [0.2, 0.25) is 5.91 Å². The smallest absolute Gasteiger partial charge is 0.236 e. The van der Waals surface area contributed by atoms with Crippen molar-refractivity contribution < 1.29 is 4.79 Å². The van der Waals surface area contributed by atoms with Gasteiger partial charge in [-0.1, -0.05) is 12.8 Å². The lowest BCUT2D eigenvalue weighted by atomic mass is 9.91. The van der Waals surface area contributed by atoms with Crippen molar-refractivity contribution in [1.29, 1.82) is 0 Å². The Morgan fingerprint density at radius 1 is 1.15 bits per heavy atom. The predicted molar refractivity (Wildman–Crippen MR) is 82.7 cm³/mol. The molecular formula is C16H31N3O. The van der Waals surface area contributed by atoms with Crippen molar-refractivity contribution in [3.63, 3.8) is 0 Å². The van der Waals surface area contributed by atoms with E-state index in [4.69, 9.17) is 0 Å². The number of hydrogen-bond acceptors (Lipinski definition) is 3. The van der Waals surface area contributed by atoms with E-state index in [2.05, 4.69) is 22.0 Å². The first-order valence-corrected chi connectivity index (χ1v) is 8.38. The molecule has 0 aromatic heterocycles. The van der Waals surface area contributed by atoms with E-state index in [-0.39, 0.29) is 0 Å². The van der Waals surface area contributed by atoms with Crippen LogP contribution in [-0.2, 0) is 4.79 Å². The second-order valence-corrected chi connectivity index (χ2v) is 6.51. The van der Waals surface area contributed by atoms with E-state index < -0.39 is 0 Å². The van der Waals surface area contributed by atoms with Gasteiger partial charge in [-0.05, 0) is 52.1 Å². The lowest BCUT2D eigenvalue weighted by Crippen LogP contribution is -2.47. The Labute approximate surface area is 123 Å². The van der Waals surface area contributed by atoms with Gasteiger partial charge in [0.15, 0.2) is 0 Å². The van der Waals surface area contributed by atoms with Crippen molar-refractivity contribution in [3.8, 4) is 0 Å². The molecule has 0 bridgehead atoms. The van der Waals surface area contributed by atoms with Gasteiger partial charge in [0, 0.05) is 25.7 Å². The van der Waals surface area contributed by atoms with Gasteiger partial charge in [0.1, 0.15) is 0 Å². The average Bonchev–Trinajstić information content (AvgIpc) is 2.76. The molecule has 0 spiro atoms. The topological polar surface area (TPSA) is 35.6 Å². The molecule has 0 aromatic carbocycles. The third-order valence-corrected chi connectivity index (χ3v) is 5.02. The maximum absolute atomic E-state index is 12.4. The van der Waals surface area contributed by atoms with Gasteiger partial charge in [0.05, 0.1) is 6.54 Å². The summed E-state index contributed by atoms with van der Waals surface area (Å²) >= 11 is 0. The number of nitrogens with zero attached hydrogens (tertiary/aromatic N) is 2. The van der Waals surface area contributed by atoms with Crippen LogP contribution in [0.3, 0.4) is 0 Å². The zero-order chi connectivity index (χ0) is 14.4. The molecule has 4 nitrogen and oxygen atoms in total. The van der Waals surface area contributed by atoms with Crippen LogP contribution in [0.25, 0.3) is 0 Å². The summed E-state index contributed by atoms with van der Waals surface area (Å²) in [5.41, 5.74) is 0. The van der Waals surface area contributed by atoms with E-state index in [1.807, 2.05) is 7.05 Å². The fourth-order valence-electron chi connectivity index (χ4n) is 3.49. The minimum Gasteiger partial charge on any atom is -0.342 e. The van der Waals surface area contributed by atoms with Crippen LogP contribution in [0.1, 0.15) is 45.4 Å². The SMILES string of the molecule is CNC(C)C1CCCN(CC(=O)N2CCCCCC2)C1. The quantitative estimate of drug-likeness (QED) is 0.852. The Morgan fingerprint density at radius 2 is 1.85 bits per heavy atom. The van der Waals surface area contributed by atoms with Crippen molar-refractivity contribution in [2.24, 2.45) is 5.92 Å². The maximum atomic E-state index is 12.4. The number of rotatable bonds is 4. The van der Waals surface area contributed by atoms with Gasteiger partial charge < -0.3 is 10.2 Å². The molecule has 2 aliphatic heterocycles. The number of likely N-dealkylation sites (tertiary alicyclic amines) is 2. The first-order chi connectivity index (χ1) is 9.70. The van der Waals surface area contributed by atoms with Crippen molar-refractivity contribution in [2.45, 2.75) is 51.5 Å². The molecule has 116 valence electrons. The Hall–Kier alpha value is -0.610. The van der Waals surface area contributed by atoms with Crippen LogP contribution < -0.4 is 5.32 Å². The van der Waals surface area contributed by atoms with Gasteiger partial charge in [-0.3, -0.25) is 9.69 Å². The van der Waals surface area contributed by atoms with Crippen molar-refractivity contribution in [2.75, 3.05) is 39.8 Å². The monoisotopic (exact) mass is 281 g/mol. The summed E-state index contributed by atoms with van der Waals surface area (Å²) in [5.74, 6) is 1.04. The van der Waals surface area contributed by atoms with E-state index in [0.717, 1.165) is 26.2 Å². The van der Waals surface area contributed by atoms with E-state index in [0.29, 0.717) is 24.4 Å². The zero-order valence-corrected chi connectivity index (χ0v) is 13.2. The van der Waals surface area contributed by atoms with Gasteiger partial charge in [-0.25, -0.2) is 0 Å². The van der Waals surface area contributed by atoms with Gasteiger partial charge >= 0.3 is 0 Å². The van der Waals surface area contributed by atoms with Crippen molar-refractivity contribution >= 4 is 5.91 Å². The summed E-state index contributed by atoms with van der Waals surface area (Å²) in [5, 5.41) is 3.36. The van der Waals surface area contributed by atoms with E-state index >= 15 is 0 Å². The fourth-order valence-corrected chi connectivity index (χ4v) is 3.49. The second-order valence-electron chi connectivity index (χ2n) is 6.51. The molecular weight excluding hydrogens is 250 g/mol. The third-order valence-electron chi connectivity index (χ3n) is 5.02. The lowest BCUT2D eigenvalue weighted by Gasteiger charge is -2.36. The molecule has 2 atom stereocenters. The summed E-state index contributed by atoms with van der Waals surface area (Å²) in [6.07, 6.45) is 7.46. The molecule has 2 fully saturated rings. The summed E-state index contributed by atoms with van der Waals surface area (Å²) in [6, 6.07) is 0.547. The van der Waals surface area contributed by atoms with Gasteiger partial charge in [-0.15, -0.1) is 0 Å². The largest absolute Gasteiger partial charge is 0.342 e. The van der Waals surface area contributed by atoms with Crippen LogP contribution in [0.15, 0.2) is 0 Å². The zero-order valence-electron chi connectivity index (χ0n) is 13.2.